The molecule has 0 saturated carbocycles. The van der Waals surface area contributed by atoms with Crippen molar-refractivity contribution in [2.24, 2.45) is 5.16 Å². The number of oxime groups is 1. The normalized spacial score (nSPS) is 12.8. The van der Waals surface area contributed by atoms with Crippen LogP contribution in [0.15, 0.2) is 41.2 Å². The van der Waals surface area contributed by atoms with Crippen molar-refractivity contribution in [3.05, 3.63) is 36.0 Å². The first-order valence-electron chi connectivity index (χ1n) is 4.46. The Bertz CT molecular complexity index is 290. The zero-order valence-corrected chi connectivity index (χ0v) is 9.61. The molecule has 4 nitrogen and oxygen atoms in total. The molecule has 84 valence electrons. The largest absolute Gasteiger partial charge is 0.501 e. The van der Waals surface area contributed by atoms with Gasteiger partial charge in [0.2, 0.25) is 0 Å². The van der Waals surface area contributed by atoms with E-state index in [2.05, 4.69) is 11.7 Å². The lowest BCUT2D eigenvalue weighted by molar-refractivity contribution is 0.237. The predicted octanol–water partition coefficient (Wildman–Crippen LogP) is 2.60. The summed E-state index contributed by atoms with van der Waals surface area (Å²) in [5, 5.41) is 3.58. The average molecular weight is 211 g/mol. The molecule has 0 spiro atoms. The molecular formula is C11H17NO3. The first-order valence-corrected chi connectivity index (χ1v) is 4.46. The fraction of sp³-hybridized carbons (Fsp3) is 0.364. The number of ether oxygens (including phenoxy) is 2. The summed E-state index contributed by atoms with van der Waals surface area (Å²) in [6.45, 7) is 7.22. The zero-order chi connectivity index (χ0) is 11.7. The van der Waals surface area contributed by atoms with E-state index in [0.717, 1.165) is 5.76 Å². The molecule has 0 bridgehead atoms. The van der Waals surface area contributed by atoms with E-state index in [9.17, 15) is 0 Å². The zero-order valence-electron chi connectivity index (χ0n) is 9.61. The molecule has 0 aromatic heterocycles. The highest BCUT2D eigenvalue weighted by Crippen LogP contribution is 2.08. The lowest BCUT2D eigenvalue weighted by Crippen LogP contribution is -1.89. The van der Waals surface area contributed by atoms with Crippen molar-refractivity contribution >= 4 is 6.21 Å². The van der Waals surface area contributed by atoms with Crippen LogP contribution in [-0.2, 0) is 14.3 Å². The first kappa shape index (κ1) is 13.3. The first-order chi connectivity index (χ1) is 7.13. The van der Waals surface area contributed by atoms with Crippen LogP contribution in [0.3, 0.4) is 0 Å². The topological polar surface area (TPSA) is 40.0 Å². The standard InChI is InChI=1S/C11H17NO3/c1-6-12-15-10(3)8-11(14-5)7-9(2)13-4/h6-8H,3H2,1-2,4-5H3/b9-7+,11-8+,12-6+. The summed E-state index contributed by atoms with van der Waals surface area (Å²) in [7, 11) is 3.15. The highest BCUT2D eigenvalue weighted by Gasteiger charge is 1.96. The molecule has 0 N–H and O–H groups in total. The van der Waals surface area contributed by atoms with Gasteiger partial charge in [-0.15, -0.1) is 0 Å². The minimum Gasteiger partial charge on any atom is -0.501 e. The Morgan fingerprint density at radius 3 is 2.33 bits per heavy atom. The summed E-state index contributed by atoms with van der Waals surface area (Å²) < 4.78 is 10.1. The molecule has 0 aromatic rings. The summed E-state index contributed by atoms with van der Waals surface area (Å²) in [6, 6.07) is 0. The van der Waals surface area contributed by atoms with Gasteiger partial charge < -0.3 is 14.3 Å². The summed E-state index contributed by atoms with van der Waals surface area (Å²) in [4.78, 5) is 4.89. The highest BCUT2D eigenvalue weighted by atomic mass is 16.6. The number of nitrogens with zero attached hydrogens (tertiary/aromatic N) is 1. The van der Waals surface area contributed by atoms with Crippen LogP contribution >= 0.6 is 0 Å². The summed E-state index contributed by atoms with van der Waals surface area (Å²) in [5.41, 5.74) is 0. The summed E-state index contributed by atoms with van der Waals surface area (Å²) in [6.07, 6.45) is 4.88. The van der Waals surface area contributed by atoms with Crippen LogP contribution in [0.2, 0.25) is 0 Å². The molecule has 0 radical (unpaired) electrons. The molecule has 0 aliphatic heterocycles. The third kappa shape index (κ3) is 6.37. The second-order valence-electron chi connectivity index (χ2n) is 2.63. The van der Waals surface area contributed by atoms with Crippen molar-refractivity contribution in [2.45, 2.75) is 13.8 Å². The maximum atomic E-state index is 5.09. The van der Waals surface area contributed by atoms with Crippen LogP contribution in [0.5, 0.6) is 0 Å². The average Bonchev–Trinajstić information content (AvgIpc) is 2.25. The summed E-state index contributed by atoms with van der Waals surface area (Å²) >= 11 is 0. The molecule has 0 amide bonds. The molecule has 15 heavy (non-hydrogen) atoms. The van der Waals surface area contributed by atoms with Gasteiger partial charge in [0, 0.05) is 18.4 Å². The van der Waals surface area contributed by atoms with E-state index in [4.69, 9.17) is 14.3 Å². The van der Waals surface area contributed by atoms with E-state index in [1.54, 1.807) is 33.3 Å². The van der Waals surface area contributed by atoms with Crippen molar-refractivity contribution in [3.63, 3.8) is 0 Å². The summed E-state index contributed by atoms with van der Waals surface area (Å²) in [5.74, 6) is 1.71. The number of methoxy groups -OCH3 is 2. The van der Waals surface area contributed by atoms with Crippen LogP contribution in [-0.4, -0.2) is 20.4 Å². The van der Waals surface area contributed by atoms with E-state index in [-0.39, 0.29) is 0 Å². The maximum Gasteiger partial charge on any atom is 0.154 e. The molecule has 0 atom stereocenters. The molecule has 0 rings (SSSR count). The van der Waals surface area contributed by atoms with Gasteiger partial charge in [-0.2, -0.15) is 0 Å². The minimum absolute atomic E-state index is 0.394. The van der Waals surface area contributed by atoms with Crippen LogP contribution in [0.25, 0.3) is 0 Å². The molecule has 0 saturated heterocycles. The van der Waals surface area contributed by atoms with Gasteiger partial charge in [0.05, 0.1) is 20.0 Å². The quantitative estimate of drug-likeness (QED) is 0.293. The SMILES string of the molecule is C=C(/C=C(\C=C(/C)OC)OC)O/N=C/C. The van der Waals surface area contributed by atoms with E-state index < -0.39 is 0 Å². The number of rotatable bonds is 6. The van der Waals surface area contributed by atoms with Crippen molar-refractivity contribution in [1.82, 2.24) is 0 Å². The molecule has 4 heteroatoms. The lowest BCUT2D eigenvalue weighted by atomic mass is 10.3. The van der Waals surface area contributed by atoms with Crippen LogP contribution in [0, 0.1) is 0 Å². The molecule has 0 unspecified atom stereocenters. The second kappa shape index (κ2) is 7.67. The van der Waals surface area contributed by atoms with E-state index >= 15 is 0 Å². The maximum absolute atomic E-state index is 5.09. The van der Waals surface area contributed by atoms with Crippen LogP contribution in [0.4, 0.5) is 0 Å². The molecule has 0 aliphatic carbocycles. The third-order valence-electron chi connectivity index (χ3n) is 1.48. The van der Waals surface area contributed by atoms with Gasteiger partial charge >= 0.3 is 0 Å². The van der Waals surface area contributed by atoms with Gasteiger partial charge in [0.15, 0.2) is 5.76 Å². The van der Waals surface area contributed by atoms with E-state index in [0.29, 0.717) is 11.5 Å². The molecule has 0 aliphatic rings. The van der Waals surface area contributed by atoms with Gasteiger partial charge in [0.1, 0.15) is 5.76 Å². The Morgan fingerprint density at radius 2 is 1.87 bits per heavy atom. The van der Waals surface area contributed by atoms with E-state index in [1.165, 1.54) is 6.21 Å². The predicted molar refractivity (Wildman–Crippen MR) is 60.2 cm³/mol. The Kier molecular flexibility index (Phi) is 6.80. The Hall–Kier alpha value is -1.71. The van der Waals surface area contributed by atoms with Gasteiger partial charge in [-0.05, 0) is 13.8 Å². The molecule has 0 aromatic carbocycles. The third-order valence-corrected chi connectivity index (χ3v) is 1.48. The van der Waals surface area contributed by atoms with Crippen molar-refractivity contribution in [3.8, 4) is 0 Å². The fourth-order valence-electron chi connectivity index (χ4n) is 0.724. The van der Waals surface area contributed by atoms with E-state index in [1.807, 2.05) is 6.92 Å². The second-order valence-corrected chi connectivity index (χ2v) is 2.63. The number of hydrogen-bond donors (Lipinski definition) is 0. The Balaban J connectivity index is 4.52. The monoisotopic (exact) mass is 211 g/mol. The number of allylic oxidation sites excluding steroid dienone is 3. The lowest BCUT2D eigenvalue weighted by Gasteiger charge is -2.03. The minimum atomic E-state index is 0.394. The number of hydrogen-bond acceptors (Lipinski definition) is 4. The van der Waals surface area contributed by atoms with Crippen LogP contribution < -0.4 is 0 Å². The highest BCUT2D eigenvalue weighted by molar-refractivity contribution is 5.52. The van der Waals surface area contributed by atoms with Gasteiger partial charge in [0.25, 0.3) is 0 Å². The van der Waals surface area contributed by atoms with Gasteiger partial charge in [-0.25, -0.2) is 0 Å². The smallest absolute Gasteiger partial charge is 0.154 e. The van der Waals surface area contributed by atoms with Crippen molar-refractivity contribution in [1.29, 1.82) is 0 Å². The molecule has 0 fully saturated rings. The van der Waals surface area contributed by atoms with Crippen LogP contribution in [0.1, 0.15) is 13.8 Å². The molecular weight excluding hydrogens is 194 g/mol. The fourth-order valence-corrected chi connectivity index (χ4v) is 0.724. The van der Waals surface area contributed by atoms with Gasteiger partial charge in [-0.1, -0.05) is 11.7 Å². The Morgan fingerprint density at radius 1 is 1.20 bits per heavy atom. The van der Waals surface area contributed by atoms with Gasteiger partial charge in [-0.3, -0.25) is 0 Å². The van der Waals surface area contributed by atoms with Crippen molar-refractivity contribution in [2.75, 3.05) is 14.2 Å². The molecule has 0 heterocycles. The van der Waals surface area contributed by atoms with Crippen molar-refractivity contribution < 1.29 is 14.3 Å². The Labute approximate surface area is 90.5 Å².